The summed E-state index contributed by atoms with van der Waals surface area (Å²) in [6.45, 7) is 2.05. The van der Waals surface area contributed by atoms with Crippen LogP contribution in [0, 0.1) is 6.92 Å². The second-order valence-electron chi connectivity index (χ2n) is 4.99. The third kappa shape index (κ3) is 5.83. The lowest BCUT2D eigenvalue weighted by molar-refractivity contribution is -0.274. The zero-order chi connectivity index (χ0) is 17.6. The summed E-state index contributed by atoms with van der Waals surface area (Å²) in [5.74, 6) is -0.0740. The first kappa shape index (κ1) is 17.7. The molecule has 0 radical (unpaired) electrons. The quantitative estimate of drug-likeness (QED) is 0.853. The Morgan fingerprint density at radius 2 is 1.88 bits per heavy atom. The van der Waals surface area contributed by atoms with Crippen LogP contribution in [0.1, 0.15) is 12.0 Å². The Labute approximate surface area is 137 Å². The number of carbonyl (C=O) groups excluding carboxylic acids is 1. The summed E-state index contributed by atoms with van der Waals surface area (Å²) < 4.78 is 45.8. The lowest BCUT2D eigenvalue weighted by Crippen LogP contribution is -2.18. The number of halogens is 3. The molecule has 1 amide bonds. The van der Waals surface area contributed by atoms with E-state index in [9.17, 15) is 18.0 Å². The molecule has 2 aromatic carbocycles. The number of aryl methyl sites for hydroxylation is 1. The molecule has 0 spiro atoms. The number of amides is 1. The van der Waals surface area contributed by atoms with Gasteiger partial charge in [-0.3, -0.25) is 4.79 Å². The van der Waals surface area contributed by atoms with Gasteiger partial charge in [0.15, 0.2) is 0 Å². The Kier molecular flexibility index (Phi) is 5.68. The van der Waals surface area contributed by atoms with Crippen LogP contribution in [-0.2, 0) is 4.79 Å². The summed E-state index contributed by atoms with van der Waals surface area (Å²) in [5.41, 5.74) is 1.17. The molecule has 1 N–H and O–H groups in total. The lowest BCUT2D eigenvalue weighted by Gasteiger charge is -2.11. The van der Waals surface area contributed by atoms with Crippen molar-refractivity contribution in [3.05, 3.63) is 54.1 Å². The molecule has 0 aliphatic rings. The number of carbonyl (C=O) groups is 1. The number of benzene rings is 2. The second-order valence-corrected chi connectivity index (χ2v) is 4.99. The van der Waals surface area contributed by atoms with Crippen molar-refractivity contribution in [1.29, 1.82) is 0 Å². The minimum atomic E-state index is -4.77. The van der Waals surface area contributed by atoms with Crippen LogP contribution in [0.15, 0.2) is 48.5 Å². The molecule has 0 aliphatic carbocycles. The molecule has 0 saturated heterocycles. The average Bonchev–Trinajstić information content (AvgIpc) is 2.48. The maximum Gasteiger partial charge on any atom is 0.573 e. The van der Waals surface area contributed by atoms with Crippen molar-refractivity contribution >= 4 is 11.6 Å². The monoisotopic (exact) mass is 339 g/mol. The molecule has 0 heterocycles. The minimum Gasteiger partial charge on any atom is -0.493 e. The van der Waals surface area contributed by atoms with Crippen molar-refractivity contribution in [2.24, 2.45) is 0 Å². The third-order valence-corrected chi connectivity index (χ3v) is 3.03. The molecule has 4 nitrogen and oxygen atoms in total. The Balaban J connectivity index is 1.84. The fourth-order valence-electron chi connectivity index (χ4n) is 1.97. The maximum atomic E-state index is 12.2. The zero-order valence-electron chi connectivity index (χ0n) is 12.9. The van der Waals surface area contributed by atoms with Crippen LogP contribution in [0.3, 0.4) is 0 Å². The summed E-state index contributed by atoms with van der Waals surface area (Å²) in [7, 11) is 0. The number of hydrogen-bond donors (Lipinski definition) is 1. The fourth-order valence-corrected chi connectivity index (χ4v) is 1.97. The standard InChI is InChI=1S/C17H16F3NO3/c1-12-5-2-3-8-15(12)23-10-9-16(22)21-13-6-4-7-14(11-13)24-17(18,19)20/h2-8,11H,9-10H2,1H3,(H,21,22). The van der Waals surface area contributed by atoms with E-state index >= 15 is 0 Å². The highest BCUT2D eigenvalue weighted by Crippen LogP contribution is 2.25. The SMILES string of the molecule is Cc1ccccc1OCCC(=O)Nc1cccc(OC(F)(F)F)c1. The van der Waals surface area contributed by atoms with Gasteiger partial charge in [0, 0.05) is 11.8 Å². The molecule has 2 aromatic rings. The first-order valence-corrected chi connectivity index (χ1v) is 7.17. The first-order valence-electron chi connectivity index (χ1n) is 7.17. The molecule has 128 valence electrons. The number of para-hydroxylation sites is 1. The molecule has 0 saturated carbocycles. The van der Waals surface area contributed by atoms with Gasteiger partial charge in [0.05, 0.1) is 13.0 Å². The molecular weight excluding hydrogens is 323 g/mol. The Morgan fingerprint density at radius 1 is 1.12 bits per heavy atom. The van der Waals surface area contributed by atoms with E-state index in [1.807, 2.05) is 25.1 Å². The van der Waals surface area contributed by atoms with Gasteiger partial charge in [0.1, 0.15) is 11.5 Å². The highest BCUT2D eigenvalue weighted by atomic mass is 19.4. The molecule has 0 aliphatic heterocycles. The van der Waals surface area contributed by atoms with Gasteiger partial charge in [-0.25, -0.2) is 0 Å². The Hall–Kier alpha value is -2.70. The number of hydrogen-bond acceptors (Lipinski definition) is 3. The predicted molar refractivity (Wildman–Crippen MR) is 83.0 cm³/mol. The van der Waals surface area contributed by atoms with E-state index in [2.05, 4.69) is 10.1 Å². The van der Waals surface area contributed by atoms with Crippen molar-refractivity contribution in [2.75, 3.05) is 11.9 Å². The van der Waals surface area contributed by atoms with Crippen LogP contribution in [0.5, 0.6) is 11.5 Å². The molecule has 0 fully saturated rings. The van der Waals surface area contributed by atoms with Gasteiger partial charge in [-0.05, 0) is 30.7 Å². The second kappa shape index (κ2) is 7.72. The highest BCUT2D eigenvalue weighted by Gasteiger charge is 2.31. The number of alkyl halides is 3. The number of nitrogens with one attached hydrogen (secondary N) is 1. The van der Waals surface area contributed by atoms with Gasteiger partial charge in [-0.1, -0.05) is 24.3 Å². The normalized spacial score (nSPS) is 11.0. The van der Waals surface area contributed by atoms with Gasteiger partial charge in [0.25, 0.3) is 0 Å². The molecule has 0 bridgehead atoms. The summed E-state index contributed by atoms with van der Waals surface area (Å²) >= 11 is 0. The van der Waals surface area contributed by atoms with Crippen LogP contribution in [0.25, 0.3) is 0 Å². The van der Waals surface area contributed by atoms with Crippen LogP contribution in [0.4, 0.5) is 18.9 Å². The van der Waals surface area contributed by atoms with Gasteiger partial charge < -0.3 is 14.8 Å². The van der Waals surface area contributed by atoms with Gasteiger partial charge >= 0.3 is 6.36 Å². The van der Waals surface area contributed by atoms with Crippen molar-refractivity contribution in [3.63, 3.8) is 0 Å². The van der Waals surface area contributed by atoms with Crippen molar-refractivity contribution < 1.29 is 27.4 Å². The lowest BCUT2D eigenvalue weighted by atomic mass is 10.2. The summed E-state index contributed by atoms with van der Waals surface area (Å²) in [6, 6.07) is 12.5. The van der Waals surface area contributed by atoms with E-state index in [1.165, 1.54) is 12.1 Å². The first-order chi connectivity index (χ1) is 11.3. The Bertz CT molecular complexity index is 701. The average molecular weight is 339 g/mol. The van der Waals surface area contributed by atoms with E-state index < -0.39 is 12.1 Å². The molecule has 0 aromatic heterocycles. The van der Waals surface area contributed by atoms with Crippen molar-refractivity contribution in [2.45, 2.75) is 19.7 Å². The maximum absolute atomic E-state index is 12.2. The van der Waals surface area contributed by atoms with E-state index in [1.54, 1.807) is 6.07 Å². The van der Waals surface area contributed by atoms with Crippen LogP contribution < -0.4 is 14.8 Å². The third-order valence-electron chi connectivity index (χ3n) is 3.03. The van der Waals surface area contributed by atoms with E-state index in [4.69, 9.17) is 4.74 Å². The Morgan fingerprint density at radius 3 is 2.58 bits per heavy atom. The van der Waals surface area contributed by atoms with E-state index in [-0.39, 0.29) is 24.6 Å². The summed E-state index contributed by atoms with van der Waals surface area (Å²) in [5, 5.41) is 2.50. The molecule has 0 atom stereocenters. The van der Waals surface area contributed by atoms with Crippen molar-refractivity contribution in [3.8, 4) is 11.5 Å². The molecule has 7 heteroatoms. The number of ether oxygens (including phenoxy) is 2. The fraction of sp³-hybridized carbons (Fsp3) is 0.235. The van der Waals surface area contributed by atoms with Crippen molar-refractivity contribution in [1.82, 2.24) is 0 Å². The summed E-state index contributed by atoms with van der Waals surface area (Å²) in [4.78, 5) is 11.8. The van der Waals surface area contributed by atoms with Crippen LogP contribution in [-0.4, -0.2) is 18.9 Å². The van der Waals surface area contributed by atoms with Crippen LogP contribution >= 0.6 is 0 Å². The number of anilines is 1. The molecule has 24 heavy (non-hydrogen) atoms. The summed E-state index contributed by atoms with van der Waals surface area (Å²) in [6.07, 6.45) is -4.71. The zero-order valence-corrected chi connectivity index (χ0v) is 12.9. The van der Waals surface area contributed by atoms with E-state index in [0.29, 0.717) is 5.75 Å². The predicted octanol–water partition coefficient (Wildman–Crippen LogP) is 4.30. The van der Waals surface area contributed by atoms with E-state index in [0.717, 1.165) is 17.7 Å². The largest absolute Gasteiger partial charge is 0.573 e. The number of rotatable bonds is 6. The highest BCUT2D eigenvalue weighted by molar-refractivity contribution is 5.90. The molecule has 2 rings (SSSR count). The molecule has 0 unspecified atom stereocenters. The van der Waals surface area contributed by atoms with Gasteiger partial charge in [-0.15, -0.1) is 13.2 Å². The minimum absolute atomic E-state index is 0.0681. The van der Waals surface area contributed by atoms with Gasteiger partial charge in [0.2, 0.25) is 5.91 Å². The smallest absolute Gasteiger partial charge is 0.493 e. The van der Waals surface area contributed by atoms with Crippen LogP contribution in [0.2, 0.25) is 0 Å². The topological polar surface area (TPSA) is 47.6 Å². The van der Waals surface area contributed by atoms with Gasteiger partial charge in [-0.2, -0.15) is 0 Å². The molecular formula is C17H16F3NO3.